The van der Waals surface area contributed by atoms with Crippen LogP contribution in [-0.4, -0.2) is 30.8 Å². The van der Waals surface area contributed by atoms with Gasteiger partial charge in [0, 0.05) is 4.47 Å². The number of carbonyl (C=O) groups excluding carboxylic acids is 3. The zero-order chi connectivity index (χ0) is 18.9. The Morgan fingerprint density at radius 3 is 2.35 bits per heavy atom. The van der Waals surface area contributed by atoms with Crippen molar-refractivity contribution in [3.05, 3.63) is 56.7 Å². The zero-order valence-electron chi connectivity index (χ0n) is 14.3. The van der Waals surface area contributed by atoms with Gasteiger partial charge in [-0.05, 0) is 35.6 Å². The Bertz CT molecular complexity index is 748. The maximum absolute atomic E-state index is 12.1. The first-order valence-electron chi connectivity index (χ1n) is 8.12. The molecule has 2 aromatic rings. The number of benzene rings is 1. The van der Waals surface area contributed by atoms with Crippen LogP contribution in [0.15, 0.2) is 46.3 Å². The topological polar surface area (TPSA) is 87.3 Å². The molecule has 1 aromatic carbocycles. The van der Waals surface area contributed by atoms with Crippen molar-refractivity contribution in [2.24, 2.45) is 0 Å². The molecule has 26 heavy (non-hydrogen) atoms. The number of thiophene rings is 1. The Morgan fingerprint density at radius 1 is 1.04 bits per heavy atom. The van der Waals surface area contributed by atoms with Crippen molar-refractivity contribution in [1.82, 2.24) is 16.0 Å². The third-order valence-electron chi connectivity index (χ3n) is 3.62. The summed E-state index contributed by atoms with van der Waals surface area (Å²) < 4.78 is 0.972. The van der Waals surface area contributed by atoms with Crippen LogP contribution < -0.4 is 16.0 Å². The fraction of sp³-hybridized carbons (Fsp3) is 0.278. The molecule has 0 spiro atoms. The molecule has 3 N–H and O–H groups in total. The molecule has 6 nitrogen and oxygen atoms in total. The Morgan fingerprint density at radius 2 is 1.73 bits per heavy atom. The van der Waals surface area contributed by atoms with Gasteiger partial charge in [0.2, 0.25) is 11.8 Å². The molecule has 0 unspecified atom stereocenters. The van der Waals surface area contributed by atoms with Crippen LogP contribution in [0.3, 0.4) is 0 Å². The van der Waals surface area contributed by atoms with Crippen LogP contribution in [0.2, 0.25) is 0 Å². The number of rotatable bonds is 8. The third-order valence-corrected chi connectivity index (χ3v) is 5.01. The van der Waals surface area contributed by atoms with Crippen molar-refractivity contribution < 1.29 is 14.4 Å². The Hall–Kier alpha value is -2.19. The predicted octanol–water partition coefficient (Wildman–Crippen LogP) is 2.62. The van der Waals surface area contributed by atoms with Gasteiger partial charge in [-0.3, -0.25) is 14.4 Å². The van der Waals surface area contributed by atoms with E-state index in [-0.39, 0.29) is 30.9 Å². The number of hydrogen-bond donors (Lipinski definition) is 3. The van der Waals surface area contributed by atoms with Gasteiger partial charge < -0.3 is 16.0 Å². The molecule has 0 bridgehead atoms. The number of hydrogen-bond acceptors (Lipinski definition) is 4. The van der Waals surface area contributed by atoms with Gasteiger partial charge in [0.15, 0.2) is 0 Å². The van der Waals surface area contributed by atoms with Gasteiger partial charge in [0.25, 0.3) is 5.91 Å². The quantitative estimate of drug-likeness (QED) is 0.592. The SMILES string of the molecule is CC[C@@H](NC(=O)CNC(=O)CNC(=O)c1cccs1)c1ccc(Br)cc1. The highest BCUT2D eigenvalue weighted by atomic mass is 79.9. The standard InChI is InChI=1S/C18H20BrN3O3S/c1-2-14(12-5-7-13(19)8-6-12)22-17(24)11-20-16(23)10-21-18(25)15-4-3-9-26-15/h3-9,14H,2,10-11H2,1H3,(H,20,23)(H,21,25)(H,22,24)/t14-/m1/s1. The van der Waals surface area contributed by atoms with E-state index >= 15 is 0 Å². The Kier molecular flexibility index (Phi) is 7.80. The van der Waals surface area contributed by atoms with Crippen molar-refractivity contribution in [2.45, 2.75) is 19.4 Å². The summed E-state index contributed by atoms with van der Waals surface area (Å²) in [5.74, 6) is -1.000. The molecule has 0 radical (unpaired) electrons. The molecular weight excluding hydrogens is 418 g/mol. The monoisotopic (exact) mass is 437 g/mol. The minimum atomic E-state index is -0.415. The van der Waals surface area contributed by atoms with Crippen molar-refractivity contribution in [3.8, 4) is 0 Å². The molecule has 3 amide bonds. The second-order valence-electron chi connectivity index (χ2n) is 5.52. The Balaban J connectivity index is 1.73. The Labute approximate surface area is 164 Å². The number of halogens is 1. The summed E-state index contributed by atoms with van der Waals surface area (Å²) in [5.41, 5.74) is 0.999. The molecule has 0 saturated heterocycles. The van der Waals surface area contributed by atoms with E-state index in [9.17, 15) is 14.4 Å². The van der Waals surface area contributed by atoms with Gasteiger partial charge in [-0.25, -0.2) is 0 Å². The molecule has 0 saturated carbocycles. The van der Waals surface area contributed by atoms with E-state index < -0.39 is 5.91 Å². The predicted molar refractivity (Wildman–Crippen MR) is 105 cm³/mol. The summed E-state index contributed by atoms with van der Waals surface area (Å²) in [6, 6.07) is 11.0. The molecule has 2 rings (SSSR count). The number of carbonyl (C=O) groups is 3. The van der Waals surface area contributed by atoms with Crippen LogP contribution in [0.5, 0.6) is 0 Å². The normalized spacial score (nSPS) is 11.5. The number of nitrogens with one attached hydrogen (secondary N) is 3. The molecule has 8 heteroatoms. The van der Waals surface area contributed by atoms with E-state index in [1.54, 1.807) is 17.5 Å². The van der Waals surface area contributed by atoms with Crippen molar-refractivity contribution in [2.75, 3.05) is 13.1 Å². The smallest absolute Gasteiger partial charge is 0.261 e. The van der Waals surface area contributed by atoms with Crippen LogP contribution in [0.25, 0.3) is 0 Å². The van der Waals surface area contributed by atoms with E-state index in [4.69, 9.17) is 0 Å². The van der Waals surface area contributed by atoms with Gasteiger partial charge in [0.05, 0.1) is 24.0 Å². The largest absolute Gasteiger partial charge is 0.348 e. The summed E-state index contributed by atoms with van der Waals surface area (Å²) in [5, 5.41) is 9.70. The van der Waals surface area contributed by atoms with Crippen LogP contribution in [0.4, 0.5) is 0 Å². The molecule has 0 aliphatic carbocycles. The van der Waals surface area contributed by atoms with Crippen LogP contribution in [0.1, 0.15) is 34.6 Å². The zero-order valence-corrected chi connectivity index (χ0v) is 16.7. The minimum absolute atomic E-state index is 0.119. The maximum Gasteiger partial charge on any atom is 0.261 e. The van der Waals surface area contributed by atoms with Crippen LogP contribution in [0, 0.1) is 0 Å². The maximum atomic E-state index is 12.1. The van der Waals surface area contributed by atoms with Crippen molar-refractivity contribution in [1.29, 1.82) is 0 Å². The van der Waals surface area contributed by atoms with E-state index in [0.717, 1.165) is 16.5 Å². The number of amides is 3. The van der Waals surface area contributed by atoms with Gasteiger partial charge >= 0.3 is 0 Å². The molecular formula is C18H20BrN3O3S. The summed E-state index contributed by atoms with van der Waals surface area (Å²) >= 11 is 4.68. The fourth-order valence-corrected chi connectivity index (χ4v) is 3.16. The lowest BCUT2D eigenvalue weighted by Crippen LogP contribution is -2.42. The first kappa shape index (κ1) is 20.1. The van der Waals surface area contributed by atoms with E-state index in [0.29, 0.717) is 4.88 Å². The lowest BCUT2D eigenvalue weighted by molar-refractivity contribution is -0.126. The first-order chi connectivity index (χ1) is 12.5. The summed E-state index contributed by atoms with van der Waals surface area (Å²) in [4.78, 5) is 36.1. The highest BCUT2D eigenvalue weighted by Crippen LogP contribution is 2.19. The summed E-state index contributed by atoms with van der Waals surface area (Å²) in [6.07, 6.45) is 0.734. The molecule has 1 aromatic heterocycles. The van der Waals surface area contributed by atoms with Crippen molar-refractivity contribution in [3.63, 3.8) is 0 Å². The molecule has 1 atom stereocenters. The molecule has 0 aliphatic heterocycles. The second-order valence-corrected chi connectivity index (χ2v) is 7.38. The van der Waals surface area contributed by atoms with Crippen LogP contribution >= 0.6 is 27.3 Å². The fourth-order valence-electron chi connectivity index (χ4n) is 2.26. The first-order valence-corrected chi connectivity index (χ1v) is 9.80. The van der Waals surface area contributed by atoms with Gasteiger partial charge in [-0.2, -0.15) is 0 Å². The third kappa shape index (κ3) is 6.27. The lowest BCUT2D eigenvalue weighted by Gasteiger charge is -2.18. The van der Waals surface area contributed by atoms with E-state index in [1.807, 2.05) is 31.2 Å². The highest BCUT2D eigenvalue weighted by molar-refractivity contribution is 9.10. The summed E-state index contributed by atoms with van der Waals surface area (Å²) in [7, 11) is 0. The highest BCUT2D eigenvalue weighted by Gasteiger charge is 2.14. The lowest BCUT2D eigenvalue weighted by atomic mass is 10.0. The van der Waals surface area contributed by atoms with E-state index in [1.165, 1.54) is 11.3 Å². The van der Waals surface area contributed by atoms with Crippen molar-refractivity contribution >= 4 is 45.0 Å². The van der Waals surface area contributed by atoms with Gasteiger partial charge in [-0.1, -0.05) is 41.1 Å². The molecule has 0 fully saturated rings. The molecule has 0 aliphatic rings. The van der Waals surface area contributed by atoms with Gasteiger partial charge in [-0.15, -0.1) is 11.3 Å². The van der Waals surface area contributed by atoms with Gasteiger partial charge in [0.1, 0.15) is 0 Å². The minimum Gasteiger partial charge on any atom is -0.348 e. The average Bonchev–Trinajstić information content (AvgIpc) is 3.18. The van der Waals surface area contributed by atoms with E-state index in [2.05, 4.69) is 31.9 Å². The molecule has 138 valence electrons. The second kappa shape index (κ2) is 10.1. The average molecular weight is 438 g/mol. The molecule has 1 heterocycles. The van der Waals surface area contributed by atoms with Crippen LogP contribution in [-0.2, 0) is 9.59 Å². The summed E-state index contributed by atoms with van der Waals surface area (Å²) in [6.45, 7) is 1.67.